The van der Waals surface area contributed by atoms with Crippen molar-refractivity contribution in [2.45, 2.75) is 26.3 Å². The largest absolute Gasteiger partial charge is 0.548 e. The number of carboxylic acids is 1. The molecule has 6 nitrogen and oxygen atoms in total. The first kappa shape index (κ1) is 19.3. The molecule has 0 spiro atoms. The average Bonchev–Trinajstić information content (AvgIpc) is 2.61. The third-order valence-electron chi connectivity index (χ3n) is 3.50. The van der Waals surface area contributed by atoms with Crippen LogP contribution in [0.5, 0.6) is 17.2 Å². The maximum atomic E-state index is 11.9. The van der Waals surface area contributed by atoms with Crippen LogP contribution in [0.3, 0.4) is 0 Å². The fourth-order valence-corrected chi connectivity index (χ4v) is 2.30. The molecular weight excluding hydrogens is 334 g/mol. The van der Waals surface area contributed by atoms with Crippen molar-refractivity contribution in [3.8, 4) is 17.2 Å². The topological polar surface area (TPSA) is 87.7 Å². The Labute approximate surface area is 152 Å². The molecule has 0 fully saturated rings. The van der Waals surface area contributed by atoms with Crippen molar-refractivity contribution in [2.75, 3.05) is 6.61 Å². The van der Waals surface area contributed by atoms with Gasteiger partial charge in [-0.15, -0.1) is 0 Å². The minimum atomic E-state index is -1.30. The lowest BCUT2D eigenvalue weighted by molar-refractivity contribution is -0.308. The van der Waals surface area contributed by atoms with Crippen LogP contribution in [-0.2, 0) is 9.59 Å². The van der Waals surface area contributed by atoms with Crippen molar-refractivity contribution in [1.82, 2.24) is 5.32 Å². The lowest BCUT2D eigenvalue weighted by Crippen LogP contribution is -2.49. The Hall–Kier alpha value is -3.02. The zero-order chi connectivity index (χ0) is 18.9. The van der Waals surface area contributed by atoms with Crippen molar-refractivity contribution in [2.24, 2.45) is 5.92 Å². The first-order chi connectivity index (χ1) is 12.4. The fourth-order valence-electron chi connectivity index (χ4n) is 2.30. The van der Waals surface area contributed by atoms with E-state index in [1.165, 1.54) is 0 Å². The molecule has 2 rings (SSSR count). The van der Waals surface area contributed by atoms with E-state index in [9.17, 15) is 14.7 Å². The van der Waals surface area contributed by atoms with E-state index in [2.05, 4.69) is 5.32 Å². The Morgan fingerprint density at radius 2 is 1.54 bits per heavy atom. The molecule has 6 heteroatoms. The number of amides is 1. The van der Waals surface area contributed by atoms with Gasteiger partial charge in [0.25, 0.3) is 5.91 Å². The lowest BCUT2D eigenvalue weighted by Gasteiger charge is -2.21. The third kappa shape index (κ3) is 6.47. The van der Waals surface area contributed by atoms with Gasteiger partial charge in [0.15, 0.2) is 6.61 Å². The van der Waals surface area contributed by atoms with Gasteiger partial charge < -0.3 is 24.7 Å². The maximum Gasteiger partial charge on any atom is 0.258 e. The maximum absolute atomic E-state index is 11.9. The summed E-state index contributed by atoms with van der Waals surface area (Å²) in [6, 6.07) is 15.1. The SMILES string of the molecule is CC(C)C[C@@H](NC(=O)COc1ccc(Oc2ccccc2)cc1)C(=O)[O-]. The van der Waals surface area contributed by atoms with Gasteiger partial charge in [0, 0.05) is 0 Å². The molecule has 0 saturated heterocycles. The van der Waals surface area contributed by atoms with Crippen molar-refractivity contribution in [3.05, 3.63) is 54.6 Å². The van der Waals surface area contributed by atoms with Gasteiger partial charge >= 0.3 is 0 Å². The molecule has 1 N–H and O–H groups in total. The van der Waals surface area contributed by atoms with Crippen molar-refractivity contribution in [1.29, 1.82) is 0 Å². The van der Waals surface area contributed by atoms with Crippen LogP contribution in [0.15, 0.2) is 54.6 Å². The first-order valence-electron chi connectivity index (χ1n) is 8.40. The number of benzene rings is 2. The summed E-state index contributed by atoms with van der Waals surface area (Å²) in [5, 5.41) is 13.5. The molecule has 1 amide bonds. The Kier molecular flexibility index (Phi) is 7.02. The van der Waals surface area contributed by atoms with E-state index in [0.717, 1.165) is 5.75 Å². The second-order valence-electron chi connectivity index (χ2n) is 6.24. The molecule has 1 atom stereocenters. The van der Waals surface area contributed by atoms with E-state index in [1.54, 1.807) is 24.3 Å². The van der Waals surface area contributed by atoms with Gasteiger partial charge in [-0.3, -0.25) is 4.79 Å². The molecule has 2 aromatic rings. The summed E-state index contributed by atoms with van der Waals surface area (Å²) in [7, 11) is 0. The van der Waals surface area contributed by atoms with Gasteiger partial charge in [-0.25, -0.2) is 0 Å². The fraction of sp³-hybridized carbons (Fsp3) is 0.300. The number of hydrogen-bond acceptors (Lipinski definition) is 5. The Balaban J connectivity index is 1.83. The number of hydrogen-bond donors (Lipinski definition) is 1. The molecule has 0 aliphatic heterocycles. The summed E-state index contributed by atoms with van der Waals surface area (Å²) in [5.74, 6) is 0.158. The van der Waals surface area contributed by atoms with Crippen LogP contribution in [0, 0.1) is 5.92 Å². The monoisotopic (exact) mass is 356 g/mol. The lowest BCUT2D eigenvalue weighted by atomic mass is 10.0. The van der Waals surface area contributed by atoms with Gasteiger partial charge in [-0.1, -0.05) is 32.0 Å². The highest BCUT2D eigenvalue weighted by molar-refractivity contribution is 5.83. The minimum Gasteiger partial charge on any atom is -0.548 e. The summed E-state index contributed by atoms with van der Waals surface area (Å²) in [6.07, 6.45) is 0.305. The van der Waals surface area contributed by atoms with Crippen molar-refractivity contribution >= 4 is 11.9 Å². The summed E-state index contributed by atoms with van der Waals surface area (Å²) in [4.78, 5) is 22.9. The standard InChI is InChI=1S/C20H23NO5/c1-14(2)12-18(20(23)24)21-19(22)13-25-15-8-10-17(11-9-15)26-16-6-4-3-5-7-16/h3-11,14,18H,12-13H2,1-2H3,(H,21,22)(H,23,24)/p-1/t18-/m1/s1. The zero-order valence-electron chi connectivity index (χ0n) is 14.8. The van der Waals surface area contributed by atoms with Crippen molar-refractivity contribution < 1.29 is 24.2 Å². The van der Waals surface area contributed by atoms with E-state index in [1.807, 2.05) is 44.2 Å². The smallest absolute Gasteiger partial charge is 0.258 e. The van der Waals surface area contributed by atoms with E-state index in [4.69, 9.17) is 9.47 Å². The number of aliphatic carboxylic acids is 1. The Morgan fingerprint density at radius 3 is 2.12 bits per heavy atom. The van der Waals surface area contributed by atoms with Crippen LogP contribution >= 0.6 is 0 Å². The molecule has 0 aromatic heterocycles. The van der Waals surface area contributed by atoms with Crippen LogP contribution in [0.2, 0.25) is 0 Å². The van der Waals surface area contributed by atoms with Gasteiger partial charge in [0.1, 0.15) is 17.2 Å². The number of carbonyl (C=O) groups excluding carboxylic acids is 2. The number of carbonyl (C=O) groups is 2. The van der Waals surface area contributed by atoms with Crippen LogP contribution in [-0.4, -0.2) is 24.5 Å². The van der Waals surface area contributed by atoms with Crippen LogP contribution < -0.4 is 19.9 Å². The molecule has 0 aliphatic carbocycles. The van der Waals surface area contributed by atoms with Crippen LogP contribution in [0.25, 0.3) is 0 Å². The molecule has 0 aliphatic rings. The Morgan fingerprint density at radius 1 is 0.962 bits per heavy atom. The van der Waals surface area contributed by atoms with Gasteiger partial charge in [0.2, 0.25) is 0 Å². The van der Waals surface area contributed by atoms with Crippen molar-refractivity contribution in [3.63, 3.8) is 0 Å². The molecule has 26 heavy (non-hydrogen) atoms. The number of para-hydroxylation sites is 1. The highest BCUT2D eigenvalue weighted by atomic mass is 16.5. The molecule has 0 heterocycles. The summed E-state index contributed by atoms with van der Waals surface area (Å²) >= 11 is 0. The van der Waals surface area contributed by atoms with Gasteiger partial charge in [0.05, 0.1) is 12.0 Å². The van der Waals surface area contributed by atoms with E-state index in [0.29, 0.717) is 17.9 Å². The van der Waals surface area contributed by atoms with Crippen LogP contribution in [0.1, 0.15) is 20.3 Å². The number of ether oxygens (including phenoxy) is 2. The number of rotatable bonds is 9. The minimum absolute atomic E-state index is 0.122. The summed E-state index contributed by atoms with van der Waals surface area (Å²) in [6.45, 7) is 3.47. The molecule has 0 radical (unpaired) electrons. The molecule has 2 aromatic carbocycles. The summed E-state index contributed by atoms with van der Waals surface area (Å²) < 4.78 is 11.0. The van der Waals surface area contributed by atoms with E-state index in [-0.39, 0.29) is 12.5 Å². The highest BCUT2D eigenvalue weighted by Crippen LogP contribution is 2.23. The predicted octanol–water partition coefficient (Wildman–Crippen LogP) is 2.14. The van der Waals surface area contributed by atoms with Gasteiger partial charge in [-0.2, -0.15) is 0 Å². The van der Waals surface area contributed by atoms with E-state index < -0.39 is 17.9 Å². The van der Waals surface area contributed by atoms with Crippen LogP contribution in [0.4, 0.5) is 0 Å². The number of nitrogens with one attached hydrogen (secondary N) is 1. The normalized spacial score (nSPS) is 11.7. The summed E-state index contributed by atoms with van der Waals surface area (Å²) in [5.41, 5.74) is 0. The molecular formula is C20H22NO5-. The number of carboxylic acid groups (broad SMARTS) is 1. The second kappa shape index (κ2) is 9.46. The average molecular weight is 356 g/mol. The second-order valence-corrected chi connectivity index (χ2v) is 6.24. The Bertz CT molecular complexity index is 713. The van der Waals surface area contributed by atoms with Gasteiger partial charge in [-0.05, 0) is 48.7 Å². The molecule has 0 bridgehead atoms. The molecule has 138 valence electrons. The predicted molar refractivity (Wildman–Crippen MR) is 94.8 cm³/mol. The highest BCUT2D eigenvalue weighted by Gasteiger charge is 2.15. The third-order valence-corrected chi connectivity index (χ3v) is 3.50. The first-order valence-corrected chi connectivity index (χ1v) is 8.40. The molecule has 0 saturated carbocycles. The molecule has 0 unspecified atom stereocenters. The quantitative estimate of drug-likeness (QED) is 0.744. The zero-order valence-corrected chi connectivity index (χ0v) is 14.8. The van der Waals surface area contributed by atoms with E-state index >= 15 is 0 Å².